The Bertz CT molecular complexity index is 547. The normalized spacial score (nSPS) is 19.9. The average molecular weight is 308 g/mol. The first kappa shape index (κ1) is 14.5. The second-order valence-corrected chi connectivity index (χ2v) is 6.81. The number of halogens is 2. The monoisotopic (exact) mass is 307 g/mol. The minimum atomic E-state index is -3.34. The van der Waals surface area contributed by atoms with Crippen LogP contribution in [0.1, 0.15) is 12.8 Å². The summed E-state index contributed by atoms with van der Waals surface area (Å²) in [6.45, 7) is 0.588. The van der Waals surface area contributed by atoms with E-state index in [9.17, 15) is 12.8 Å². The fraction of sp³-hybridized carbons (Fsp3) is 0.545. The van der Waals surface area contributed by atoms with Crippen molar-refractivity contribution in [3.05, 3.63) is 23.2 Å². The van der Waals surface area contributed by atoms with Crippen LogP contribution in [0.2, 0.25) is 5.02 Å². The Morgan fingerprint density at radius 2 is 2.32 bits per heavy atom. The highest BCUT2D eigenvalue weighted by molar-refractivity contribution is 7.89. The van der Waals surface area contributed by atoms with Gasteiger partial charge in [-0.2, -0.15) is 0 Å². The first-order valence-corrected chi connectivity index (χ1v) is 7.94. The van der Waals surface area contributed by atoms with Crippen molar-refractivity contribution in [3.8, 4) is 0 Å². The number of nitrogens with one attached hydrogen (secondary N) is 1. The molecular formula is C11H15ClFN3O2S. The fourth-order valence-corrected chi connectivity index (χ4v) is 3.59. The van der Waals surface area contributed by atoms with Crippen molar-refractivity contribution in [2.45, 2.75) is 18.9 Å². The van der Waals surface area contributed by atoms with Gasteiger partial charge in [-0.05, 0) is 19.9 Å². The van der Waals surface area contributed by atoms with Gasteiger partial charge in [0.15, 0.2) is 5.82 Å². The summed E-state index contributed by atoms with van der Waals surface area (Å²) in [6.07, 6.45) is 3.95. The zero-order valence-corrected chi connectivity index (χ0v) is 12.0. The van der Waals surface area contributed by atoms with Crippen molar-refractivity contribution in [1.82, 2.24) is 9.71 Å². The molecule has 1 fully saturated rings. The summed E-state index contributed by atoms with van der Waals surface area (Å²) < 4.78 is 39.4. The van der Waals surface area contributed by atoms with Gasteiger partial charge >= 0.3 is 0 Å². The summed E-state index contributed by atoms with van der Waals surface area (Å²) in [4.78, 5) is 5.38. The lowest BCUT2D eigenvalue weighted by Gasteiger charge is -2.27. The van der Waals surface area contributed by atoms with Crippen molar-refractivity contribution in [3.63, 3.8) is 0 Å². The molecule has 1 aliphatic rings. The molecule has 0 spiro atoms. The van der Waals surface area contributed by atoms with Gasteiger partial charge in [0.05, 0.1) is 22.7 Å². The highest BCUT2D eigenvalue weighted by atomic mass is 35.5. The summed E-state index contributed by atoms with van der Waals surface area (Å²) in [5, 5.41) is 0.203. The van der Waals surface area contributed by atoms with E-state index in [1.165, 1.54) is 13.2 Å². The minimum absolute atomic E-state index is 0.0679. The number of hydrogen-bond donors (Lipinski definition) is 1. The van der Waals surface area contributed by atoms with Crippen molar-refractivity contribution in [1.29, 1.82) is 0 Å². The summed E-state index contributed by atoms with van der Waals surface area (Å²) >= 11 is 5.97. The van der Waals surface area contributed by atoms with Crippen LogP contribution in [0.4, 0.5) is 10.1 Å². The molecule has 0 amide bonds. The van der Waals surface area contributed by atoms with E-state index >= 15 is 0 Å². The van der Waals surface area contributed by atoms with Crippen molar-refractivity contribution in [2.24, 2.45) is 0 Å². The maximum Gasteiger partial charge on any atom is 0.213 e. The van der Waals surface area contributed by atoms with Crippen LogP contribution in [0.3, 0.4) is 0 Å². The maximum atomic E-state index is 13.8. The summed E-state index contributed by atoms with van der Waals surface area (Å²) in [7, 11) is -1.97. The fourth-order valence-electron chi connectivity index (χ4n) is 2.32. The Balaban J connectivity index is 2.29. The third-order valence-corrected chi connectivity index (χ3v) is 4.94. The Kier molecular flexibility index (Phi) is 4.27. The van der Waals surface area contributed by atoms with Gasteiger partial charge in [-0.1, -0.05) is 11.6 Å². The molecule has 1 atom stereocenters. The molecule has 1 saturated heterocycles. The quantitative estimate of drug-likeness (QED) is 0.913. The molecule has 0 aromatic carbocycles. The van der Waals surface area contributed by atoms with E-state index in [1.54, 1.807) is 4.90 Å². The standard InChI is InChI=1S/C11H15ClFN3O2S/c1-14-19(17,18)7-8-3-2-4-16(8)11-9(12)5-15-6-10(11)13/h5-6,8,14H,2-4,7H2,1H3. The van der Waals surface area contributed by atoms with E-state index in [-0.39, 0.29) is 22.5 Å². The van der Waals surface area contributed by atoms with Crippen LogP contribution < -0.4 is 9.62 Å². The summed E-state index contributed by atoms with van der Waals surface area (Å²) in [5.74, 6) is -0.594. The van der Waals surface area contributed by atoms with Crippen molar-refractivity contribution in [2.75, 3.05) is 24.2 Å². The second kappa shape index (κ2) is 5.60. The zero-order chi connectivity index (χ0) is 14.0. The maximum absolute atomic E-state index is 13.8. The molecule has 19 heavy (non-hydrogen) atoms. The number of anilines is 1. The van der Waals surface area contributed by atoms with Crippen LogP contribution in [-0.4, -0.2) is 38.8 Å². The minimum Gasteiger partial charge on any atom is -0.364 e. The predicted molar refractivity (Wildman–Crippen MR) is 72.4 cm³/mol. The van der Waals surface area contributed by atoms with E-state index in [0.717, 1.165) is 12.6 Å². The molecule has 1 aromatic rings. The van der Waals surface area contributed by atoms with Crippen LogP contribution >= 0.6 is 11.6 Å². The number of hydrogen-bond acceptors (Lipinski definition) is 4. The Morgan fingerprint density at radius 3 is 2.95 bits per heavy atom. The van der Waals surface area contributed by atoms with E-state index in [0.29, 0.717) is 13.0 Å². The number of sulfonamides is 1. The third-order valence-electron chi connectivity index (χ3n) is 3.22. The first-order valence-electron chi connectivity index (χ1n) is 5.91. The Hall–Kier alpha value is -0.920. The van der Waals surface area contributed by atoms with Crippen LogP contribution in [-0.2, 0) is 10.0 Å². The highest BCUT2D eigenvalue weighted by Gasteiger charge is 2.31. The van der Waals surface area contributed by atoms with Crippen LogP contribution in [0.25, 0.3) is 0 Å². The lowest BCUT2D eigenvalue weighted by Crippen LogP contribution is -2.39. The molecular weight excluding hydrogens is 293 g/mol. The molecule has 1 N–H and O–H groups in total. The largest absolute Gasteiger partial charge is 0.364 e. The number of pyridine rings is 1. The molecule has 8 heteroatoms. The van der Waals surface area contributed by atoms with Crippen molar-refractivity contribution < 1.29 is 12.8 Å². The van der Waals surface area contributed by atoms with E-state index < -0.39 is 15.8 Å². The van der Waals surface area contributed by atoms with Crippen molar-refractivity contribution >= 4 is 27.3 Å². The summed E-state index contributed by atoms with van der Waals surface area (Å²) in [6, 6.07) is -0.271. The Morgan fingerprint density at radius 1 is 1.58 bits per heavy atom. The van der Waals surface area contributed by atoms with Gasteiger partial charge in [0.25, 0.3) is 0 Å². The molecule has 1 unspecified atom stereocenters. The van der Waals surface area contributed by atoms with Gasteiger partial charge < -0.3 is 4.90 Å². The first-order chi connectivity index (χ1) is 8.94. The number of rotatable bonds is 4. The van der Waals surface area contributed by atoms with Crippen LogP contribution in [0, 0.1) is 5.82 Å². The van der Waals surface area contributed by atoms with E-state index in [4.69, 9.17) is 11.6 Å². The van der Waals surface area contributed by atoms with Gasteiger partial charge in [-0.25, -0.2) is 17.5 Å². The number of nitrogens with zero attached hydrogens (tertiary/aromatic N) is 2. The molecule has 0 saturated carbocycles. The van der Waals surface area contributed by atoms with Gasteiger partial charge in [-0.3, -0.25) is 4.98 Å². The molecule has 2 heterocycles. The Labute approximate surface area is 116 Å². The molecule has 5 nitrogen and oxygen atoms in total. The molecule has 1 aromatic heterocycles. The predicted octanol–water partition coefficient (Wildman–Crippen LogP) is 1.39. The molecule has 1 aliphatic heterocycles. The summed E-state index contributed by atoms with van der Waals surface area (Å²) in [5.41, 5.74) is 0.241. The SMILES string of the molecule is CNS(=O)(=O)CC1CCCN1c1c(F)cncc1Cl. The lowest BCUT2D eigenvalue weighted by molar-refractivity contribution is 0.573. The lowest BCUT2D eigenvalue weighted by atomic mass is 10.2. The van der Waals surface area contributed by atoms with Crippen LogP contribution in [0.5, 0.6) is 0 Å². The zero-order valence-electron chi connectivity index (χ0n) is 10.4. The second-order valence-electron chi connectivity index (χ2n) is 4.43. The molecule has 0 aliphatic carbocycles. The molecule has 2 rings (SSSR count). The van der Waals surface area contributed by atoms with Gasteiger partial charge in [0.2, 0.25) is 10.0 Å². The van der Waals surface area contributed by atoms with Gasteiger partial charge in [0, 0.05) is 18.8 Å². The highest BCUT2D eigenvalue weighted by Crippen LogP contribution is 2.33. The topological polar surface area (TPSA) is 62.3 Å². The van der Waals surface area contributed by atoms with E-state index in [1.807, 2.05) is 0 Å². The smallest absolute Gasteiger partial charge is 0.213 e. The van der Waals surface area contributed by atoms with Gasteiger partial charge in [-0.15, -0.1) is 0 Å². The van der Waals surface area contributed by atoms with Gasteiger partial charge in [0.1, 0.15) is 0 Å². The third kappa shape index (κ3) is 3.16. The average Bonchev–Trinajstić information content (AvgIpc) is 2.76. The number of aromatic nitrogens is 1. The van der Waals surface area contributed by atoms with Crippen LogP contribution in [0.15, 0.2) is 12.4 Å². The van der Waals surface area contributed by atoms with E-state index in [2.05, 4.69) is 9.71 Å². The molecule has 0 radical (unpaired) electrons. The molecule has 0 bridgehead atoms. The molecule has 106 valence electrons.